The van der Waals surface area contributed by atoms with E-state index < -0.39 is 18.0 Å². The maximum Gasteiger partial charge on any atom is 0.239 e. The number of nitrogens with one attached hydrogen (secondary N) is 2. The molecule has 1 aromatic carbocycles. The van der Waals surface area contributed by atoms with Gasteiger partial charge < -0.3 is 20.5 Å². The average molecular weight is 305 g/mol. The van der Waals surface area contributed by atoms with E-state index in [9.17, 15) is 14.3 Å². The molecule has 1 fully saturated rings. The highest BCUT2D eigenvalue weighted by atomic mass is 35.5. The second kappa shape index (κ2) is 8.16. The Labute approximate surface area is 122 Å². The number of rotatable bonds is 4. The average Bonchev–Trinajstić information content (AvgIpc) is 2.45. The number of hydrogen-bond donors (Lipinski definition) is 3. The molecule has 112 valence electrons. The van der Waals surface area contributed by atoms with Crippen LogP contribution in [0.3, 0.4) is 0 Å². The third-order valence-corrected chi connectivity index (χ3v) is 2.94. The van der Waals surface area contributed by atoms with Crippen LogP contribution in [0.15, 0.2) is 24.3 Å². The molecule has 2 unspecified atom stereocenters. The number of aliphatic hydroxyl groups excluding tert-OH is 1. The van der Waals surface area contributed by atoms with Crippen molar-refractivity contribution in [2.45, 2.75) is 12.1 Å². The molecule has 1 amide bonds. The lowest BCUT2D eigenvalue weighted by atomic mass is 10.1. The van der Waals surface area contributed by atoms with Crippen LogP contribution in [0, 0.1) is 5.82 Å². The Morgan fingerprint density at radius 1 is 1.60 bits per heavy atom. The molecule has 0 radical (unpaired) electrons. The zero-order valence-electron chi connectivity index (χ0n) is 10.8. The van der Waals surface area contributed by atoms with Gasteiger partial charge in [-0.1, -0.05) is 12.1 Å². The van der Waals surface area contributed by atoms with Crippen molar-refractivity contribution in [3.8, 4) is 0 Å². The fourth-order valence-electron chi connectivity index (χ4n) is 1.89. The van der Waals surface area contributed by atoms with E-state index in [1.54, 1.807) is 6.07 Å². The van der Waals surface area contributed by atoms with Crippen LogP contribution in [0.25, 0.3) is 0 Å². The minimum Gasteiger partial charge on any atom is -0.387 e. The van der Waals surface area contributed by atoms with Crippen molar-refractivity contribution >= 4 is 18.3 Å². The van der Waals surface area contributed by atoms with Gasteiger partial charge in [0.1, 0.15) is 11.9 Å². The number of amides is 1. The lowest BCUT2D eigenvalue weighted by Crippen LogP contribution is -2.51. The van der Waals surface area contributed by atoms with Crippen molar-refractivity contribution in [2.75, 3.05) is 26.3 Å². The second-order valence-electron chi connectivity index (χ2n) is 4.40. The van der Waals surface area contributed by atoms with Crippen LogP contribution >= 0.6 is 12.4 Å². The molecular formula is C13H18ClFN2O3. The summed E-state index contributed by atoms with van der Waals surface area (Å²) in [5, 5.41) is 15.5. The van der Waals surface area contributed by atoms with Gasteiger partial charge in [-0.15, -0.1) is 12.4 Å². The third kappa shape index (κ3) is 4.72. The first-order chi connectivity index (χ1) is 9.16. The summed E-state index contributed by atoms with van der Waals surface area (Å²) in [7, 11) is 0. The van der Waals surface area contributed by atoms with Gasteiger partial charge in [0.05, 0.1) is 19.3 Å². The van der Waals surface area contributed by atoms with Gasteiger partial charge in [-0.2, -0.15) is 0 Å². The van der Waals surface area contributed by atoms with Crippen LogP contribution in [-0.2, 0) is 9.53 Å². The zero-order chi connectivity index (χ0) is 13.7. The standard InChI is InChI=1S/C13H17FN2O3.ClH/c14-10-3-1-2-9(6-10)12(17)7-16-13(18)11-8-19-5-4-15-11;/h1-3,6,11-12,15,17H,4-5,7-8H2,(H,16,18);1H. The first-order valence-corrected chi connectivity index (χ1v) is 6.19. The van der Waals surface area contributed by atoms with Crippen LogP contribution < -0.4 is 10.6 Å². The molecule has 3 N–H and O–H groups in total. The summed E-state index contributed by atoms with van der Waals surface area (Å²) in [5.41, 5.74) is 0.438. The fourth-order valence-corrected chi connectivity index (χ4v) is 1.89. The van der Waals surface area contributed by atoms with Crippen LogP contribution in [0.4, 0.5) is 4.39 Å². The first kappa shape index (κ1) is 16.8. The second-order valence-corrected chi connectivity index (χ2v) is 4.40. The molecule has 1 saturated heterocycles. The summed E-state index contributed by atoms with van der Waals surface area (Å²) < 4.78 is 18.2. The van der Waals surface area contributed by atoms with Gasteiger partial charge in [0.2, 0.25) is 5.91 Å². The molecule has 5 nitrogen and oxygen atoms in total. The van der Waals surface area contributed by atoms with E-state index in [-0.39, 0.29) is 24.9 Å². The lowest BCUT2D eigenvalue weighted by molar-refractivity contribution is -0.126. The van der Waals surface area contributed by atoms with E-state index in [0.717, 1.165) is 0 Å². The molecule has 0 aromatic heterocycles. The van der Waals surface area contributed by atoms with Crippen LogP contribution in [0.2, 0.25) is 0 Å². The van der Waals surface area contributed by atoms with Crippen molar-refractivity contribution in [1.29, 1.82) is 0 Å². The Kier molecular flexibility index (Phi) is 6.87. The van der Waals surface area contributed by atoms with E-state index in [0.29, 0.717) is 25.3 Å². The molecule has 0 bridgehead atoms. The Morgan fingerprint density at radius 3 is 3.05 bits per heavy atom. The van der Waals surface area contributed by atoms with Crippen molar-refractivity contribution in [3.63, 3.8) is 0 Å². The molecular weight excluding hydrogens is 287 g/mol. The van der Waals surface area contributed by atoms with Gasteiger partial charge in [0, 0.05) is 13.1 Å². The Balaban J connectivity index is 0.00000200. The van der Waals surface area contributed by atoms with Crippen LogP contribution in [0.1, 0.15) is 11.7 Å². The minimum absolute atomic E-state index is 0. The summed E-state index contributed by atoms with van der Waals surface area (Å²) in [4.78, 5) is 11.8. The molecule has 0 saturated carbocycles. The molecule has 1 aromatic rings. The van der Waals surface area contributed by atoms with Gasteiger partial charge in [-0.05, 0) is 17.7 Å². The summed E-state index contributed by atoms with van der Waals surface area (Å²) in [6.45, 7) is 1.59. The summed E-state index contributed by atoms with van der Waals surface area (Å²) in [6, 6.07) is 5.29. The lowest BCUT2D eigenvalue weighted by Gasteiger charge is -2.23. The van der Waals surface area contributed by atoms with E-state index in [2.05, 4.69) is 10.6 Å². The number of carbonyl (C=O) groups is 1. The zero-order valence-corrected chi connectivity index (χ0v) is 11.7. The van der Waals surface area contributed by atoms with Crippen LogP contribution in [-0.4, -0.2) is 43.4 Å². The van der Waals surface area contributed by atoms with E-state index in [1.807, 2.05) is 0 Å². The van der Waals surface area contributed by atoms with Gasteiger partial charge >= 0.3 is 0 Å². The summed E-state index contributed by atoms with van der Waals surface area (Å²) in [5.74, 6) is -0.639. The number of aliphatic hydroxyl groups is 1. The minimum atomic E-state index is -0.927. The van der Waals surface area contributed by atoms with E-state index >= 15 is 0 Å². The quantitative estimate of drug-likeness (QED) is 0.752. The molecule has 1 aliphatic heterocycles. The Hall–Kier alpha value is -1.21. The highest BCUT2D eigenvalue weighted by Gasteiger charge is 2.21. The molecule has 7 heteroatoms. The van der Waals surface area contributed by atoms with Crippen molar-refractivity contribution in [1.82, 2.24) is 10.6 Å². The highest BCUT2D eigenvalue weighted by molar-refractivity contribution is 5.85. The number of halogens is 2. The van der Waals surface area contributed by atoms with Gasteiger partial charge in [-0.25, -0.2) is 4.39 Å². The predicted molar refractivity (Wildman–Crippen MR) is 74.2 cm³/mol. The first-order valence-electron chi connectivity index (χ1n) is 6.19. The maximum atomic E-state index is 13.0. The monoisotopic (exact) mass is 304 g/mol. The largest absolute Gasteiger partial charge is 0.387 e. The van der Waals surface area contributed by atoms with Gasteiger partial charge in [0.25, 0.3) is 0 Å². The SMILES string of the molecule is Cl.O=C(NCC(O)c1cccc(F)c1)C1COCCN1. The maximum absolute atomic E-state index is 13.0. The van der Waals surface area contributed by atoms with Gasteiger partial charge in [0.15, 0.2) is 0 Å². The number of hydrogen-bond acceptors (Lipinski definition) is 4. The molecule has 1 heterocycles. The van der Waals surface area contributed by atoms with Crippen molar-refractivity contribution in [3.05, 3.63) is 35.6 Å². The van der Waals surface area contributed by atoms with E-state index in [1.165, 1.54) is 18.2 Å². The molecule has 20 heavy (non-hydrogen) atoms. The number of benzene rings is 1. The Morgan fingerprint density at radius 2 is 2.40 bits per heavy atom. The summed E-state index contributed by atoms with van der Waals surface area (Å²) >= 11 is 0. The van der Waals surface area contributed by atoms with E-state index in [4.69, 9.17) is 4.74 Å². The molecule has 2 rings (SSSR count). The van der Waals surface area contributed by atoms with Crippen molar-refractivity contribution in [2.24, 2.45) is 0 Å². The molecule has 1 aliphatic rings. The summed E-state index contributed by atoms with van der Waals surface area (Å²) in [6.07, 6.45) is -0.927. The van der Waals surface area contributed by atoms with Crippen molar-refractivity contribution < 1.29 is 19.0 Å². The molecule has 2 atom stereocenters. The predicted octanol–water partition coefficient (Wildman–Crippen LogP) is 0.385. The highest BCUT2D eigenvalue weighted by Crippen LogP contribution is 2.13. The number of ether oxygens (including phenoxy) is 1. The Bertz CT molecular complexity index is 441. The molecule has 0 aliphatic carbocycles. The normalized spacial score (nSPS) is 19.8. The smallest absolute Gasteiger partial charge is 0.239 e. The third-order valence-electron chi connectivity index (χ3n) is 2.94. The molecule has 0 spiro atoms. The number of carbonyl (C=O) groups excluding carboxylic acids is 1. The number of morpholine rings is 1. The fraction of sp³-hybridized carbons (Fsp3) is 0.462. The topological polar surface area (TPSA) is 70.6 Å². The van der Waals surface area contributed by atoms with Gasteiger partial charge in [-0.3, -0.25) is 4.79 Å². The van der Waals surface area contributed by atoms with Crippen LogP contribution in [0.5, 0.6) is 0 Å².